The molecule has 1 aliphatic rings. The number of aromatic hydroxyl groups is 1. The van der Waals surface area contributed by atoms with Crippen LogP contribution in [-0.2, 0) is 15.5 Å². The Morgan fingerprint density at radius 3 is 2.54 bits per heavy atom. The van der Waals surface area contributed by atoms with Gasteiger partial charge in [0.15, 0.2) is 5.71 Å². The van der Waals surface area contributed by atoms with E-state index in [1.807, 2.05) is 49.4 Å². The number of hydrogen-bond donors (Lipinski definition) is 2. The van der Waals surface area contributed by atoms with Crippen molar-refractivity contribution in [1.82, 2.24) is 0 Å². The molecule has 5 nitrogen and oxygen atoms in total. The van der Waals surface area contributed by atoms with Gasteiger partial charge in [0.25, 0.3) is 10.1 Å². The number of rotatable bonds is 6. The summed E-state index contributed by atoms with van der Waals surface area (Å²) in [6.45, 7) is 6.70. The zero-order chi connectivity index (χ0) is 20.5. The van der Waals surface area contributed by atoms with E-state index in [0.29, 0.717) is 13.0 Å². The Labute approximate surface area is 166 Å². The smallest absolute Gasteiger partial charge is 0.265 e. The quantitative estimate of drug-likeness (QED) is 0.566. The van der Waals surface area contributed by atoms with Crippen molar-refractivity contribution in [2.45, 2.75) is 32.6 Å². The highest BCUT2D eigenvalue weighted by atomic mass is 32.2. The van der Waals surface area contributed by atoms with Gasteiger partial charge in [-0.25, -0.2) is 0 Å². The largest absolute Gasteiger partial charge is 0.507 e. The van der Waals surface area contributed by atoms with Gasteiger partial charge in [-0.1, -0.05) is 29.8 Å². The monoisotopic (exact) mass is 400 g/mol. The van der Waals surface area contributed by atoms with Gasteiger partial charge in [-0.15, -0.1) is 0 Å². The van der Waals surface area contributed by atoms with Crippen molar-refractivity contribution in [3.63, 3.8) is 0 Å². The number of aryl methyl sites for hydroxylation is 1. The van der Waals surface area contributed by atoms with Crippen LogP contribution in [0.3, 0.4) is 0 Å². The molecule has 148 valence electrons. The van der Waals surface area contributed by atoms with Crippen molar-refractivity contribution in [2.24, 2.45) is 0 Å². The standard InChI is InChI=1S/C22H25NO4S/c1-16-9-11-20(24)17(15-16)10-12-21-22(2,3)18-7-4-5-8-19(18)23(21)13-6-14-28(25,26)27/h4-5,7-12,15H,6,13-14H2,1-3H3,(H,25,26,27)/p+1. The number of benzene rings is 2. The van der Waals surface area contributed by atoms with Crippen molar-refractivity contribution in [2.75, 3.05) is 12.3 Å². The Morgan fingerprint density at radius 1 is 1.11 bits per heavy atom. The summed E-state index contributed by atoms with van der Waals surface area (Å²) in [6.07, 6.45) is 4.19. The van der Waals surface area contributed by atoms with Crippen molar-refractivity contribution in [3.05, 3.63) is 65.2 Å². The summed E-state index contributed by atoms with van der Waals surface area (Å²) in [5.41, 5.74) is 4.74. The summed E-state index contributed by atoms with van der Waals surface area (Å²) in [5, 5.41) is 10.1. The summed E-state index contributed by atoms with van der Waals surface area (Å²) >= 11 is 0. The fourth-order valence-electron chi connectivity index (χ4n) is 3.76. The van der Waals surface area contributed by atoms with E-state index in [9.17, 15) is 13.5 Å². The van der Waals surface area contributed by atoms with Gasteiger partial charge < -0.3 is 5.11 Å². The Morgan fingerprint density at radius 2 is 1.82 bits per heavy atom. The highest BCUT2D eigenvalue weighted by molar-refractivity contribution is 7.85. The van der Waals surface area contributed by atoms with E-state index < -0.39 is 10.1 Å². The van der Waals surface area contributed by atoms with Gasteiger partial charge in [0, 0.05) is 29.7 Å². The average Bonchev–Trinajstić information content (AvgIpc) is 2.82. The molecule has 0 fully saturated rings. The van der Waals surface area contributed by atoms with E-state index in [1.165, 1.54) is 0 Å². The molecule has 2 aromatic carbocycles. The third-order valence-corrected chi connectivity index (χ3v) is 5.99. The summed E-state index contributed by atoms with van der Waals surface area (Å²) in [7, 11) is -3.99. The minimum atomic E-state index is -3.99. The van der Waals surface area contributed by atoms with Gasteiger partial charge in [-0.3, -0.25) is 4.55 Å². The minimum absolute atomic E-state index is 0.216. The normalized spacial score (nSPS) is 16.0. The van der Waals surface area contributed by atoms with Gasteiger partial charge in [-0.05, 0) is 39.0 Å². The molecule has 1 heterocycles. The molecule has 28 heavy (non-hydrogen) atoms. The first-order chi connectivity index (χ1) is 13.1. The topological polar surface area (TPSA) is 77.6 Å². The molecule has 0 saturated heterocycles. The molecule has 0 atom stereocenters. The number of phenols is 1. The Balaban J connectivity index is 2.03. The van der Waals surface area contributed by atoms with Gasteiger partial charge in [0.05, 0.1) is 11.2 Å². The summed E-state index contributed by atoms with van der Waals surface area (Å²) in [4.78, 5) is 0. The predicted molar refractivity (Wildman–Crippen MR) is 112 cm³/mol. The highest BCUT2D eigenvalue weighted by Crippen LogP contribution is 2.40. The fraction of sp³-hybridized carbons (Fsp3) is 0.318. The number of para-hydroxylation sites is 1. The molecule has 0 aliphatic carbocycles. The summed E-state index contributed by atoms with van der Waals surface area (Å²) < 4.78 is 33.4. The van der Waals surface area contributed by atoms with Crippen LogP contribution in [0.4, 0.5) is 5.69 Å². The second-order valence-electron chi connectivity index (χ2n) is 7.71. The summed E-state index contributed by atoms with van der Waals surface area (Å²) in [6, 6.07) is 13.5. The third kappa shape index (κ3) is 4.18. The Bertz CT molecular complexity index is 1070. The average molecular weight is 401 g/mol. The van der Waals surface area contributed by atoms with Crippen LogP contribution in [0.5, 0.6) is 5.75 Å². The second kappa shape index (κ2) is 7.53. The fourth-order valence-corrected chi connectivity index (χ4v) is 4.26. The minimum Gasteiger partial charge on any atom is -0.507 e. The number of hydrogen-bond acceptors (Lipinski definition) is 3. The highest BCUT2D eigenvalue weighted by Gasteiger charge is 2.43. The van der Waals surface area contributed by atoms with E-state index in [4.69, 9.17) is 4.55 Å². The van der Waals surface area contributed by atoms with E-state index in [2.05, 4.69) is 24.5 Å². The molecule has 0 radical (unpaired) electrons. The van der Waals surface area contributed by atoms with E-state index in [-0.39, 0.29) is 16.9 Å². The summed E-state index contributed by atoms with van der Waals surface area (Å²) in [5.74, 6) is -0.0597. The molecule has 0 amide bonds. The molecular weight excluding hydrogens is 374 g/mol. The molecule has 0 unspecified atom stereocenters. The lowest BCUT2D eigenvalue weighted by Crippen LogP contribution is -2.28. The number of nitrogens with zero attached hydrogens (tertiary/aromatic N) is 1. The van der Waals surface area contributed by atoms with Crippen LogP contribution < -0.4 is 0 Å². The maximum Gasteiger partial charge on any atom is 0.265 e. The van der Waals surface area contributed by atoms with E-state index in [1.54, 1.807) is 6.07 Å². The van der Waals surface area contributed by atoms with Crippen LogP contribution in [0.2, 0.25) is 0 Å². The zero-order valence-electron chi connectivity index (χ0n) is 16.4. The van der Waals surface area contributed by atoms with Crippen molar-refractivity contribution in [1.29, 1.82) is 0 Å². The molecule has 2 N–H and O–H groups in total. The van der Waals surface area contributed by atoms with Crippen LogP contribution in [-0.4, -0.2) is 40.7 Å². The SMILES string of the molecule is Cc1ccc(O)c(/C=C/C2=[N+](CCCS(=O)(=O)O)c3ccccc3C2(C)C)c1. The third-order valence-electron chi connectivity index (χ3n) is 5.19. The Hall–Kier alpha value is -2.44. The first kappa shape index (κ1) is 20.3. The van der Waals surface area contributed by atoms with Crippen molar-refractivity contribution >= 4 is 27.6 Å². The predicted octanol–water partition coefficient (Wildman–Crippen LogP) is 4.07. The van der Waals surface area contributed by atoms with Crippen LogP contribution in [0, 0.1) is 6.92 Å². The lowest BCUT2D eigenvalue weighted by Gasteiger charge is -2.15. The molecular formula is C22H26NO4S+. The Kier molecular flexibility index (Phi) is 5.46. The van der Waals surface area contributed by atoms with Crippen LogP contribution in [0.25, 0.3) is 6.08 Å². The first-order valence-electron chi connectivity index (χ1n) is 9.27. The lowest BCUT2D eigenvalue weighted by molar-refractivity contribution is -0.437. The molecule has 3 rings (SSSR count). The van der Waals surface area contributed by atoms with Gasteiger partial charge in [-0.2, -0.15) is 13.0 Å². The molecule has 0 spiro atoms. The lowest BCUT2D eigenvalue weighted by atomic mass is 9.81. The number of allylic oxidation sites excluding steroid dienone is 1. The molecule has 0 bridgehead atoms. The molecule has 0 aromatic heterocycles. The number of phenolic OH excluding ortho intramolecular Hbond substituents is 1. The van der Waals surface area contributed by atoms with E-state index in [0.717, 1.165) is 28.1 Å². The molecule has 6 heteroatoms. The van der Waals surface area contributed by atoms with Crippen molar-refractivity contribution in [3.8, 4) is 5.75 Å². The van der Waals surface area contributed by atoms with Crippen LogP contribution >= 0.6 is 0 Å². The molecule has 1 aliphatic heterocycles. The first-order valence-corrected chi connectivity index (χ1v) is 10.9. The molecule has 0 saturated carbocycles. The number of fused-ring (bicyclic) bond motifs is 1. The molecule has 2 aromatic rings. The van der Waals surface area contributed by atoms with Gasteiger partial charge in [0.2, 0.25) is 5.69 Å². The zero-order valence-corrected chi connectivity index (χ0v) is 17.2. The second-order valence-corrected chi connectivity index (χ2v) is 9.29. The van der Waals surface area contributed by atoms with Gasteiger partial charge >= 0.3 is 0 Å². The van der Waals surface area contributed by atoms with Crippen LogP contribution in [0.1, 0.15) is 37.0 Å². The maximum absolute atomic E-state index is 11.1. The van der Waals surface area contributed by atoms with E-state index >= 15 is 0 Å². The van der Waals surface area contributed by atoms with Crippen LogP contribution in [0.15, 0.2) is 48.5 Å². The maximum atomic E-state index is 11.1. The van der Waals surface area contributed by atoms with Crippen molar-refractivity contribution < 1.29 is 22.7 Å². The van der Waals surface area contributed by atoms with Gasteiger partial charge in [0.1, 0.15) is 12.3 Å².